The van der Waals surface area contributed by atoms with Crippen molar-refractivity contribution < 1.29 is 14.3 Å². The van der Waals surface area contributed by atoms with Crippen LogP contribution in [0.2, 0.25) is 0 Å². The molecule has 0 bridgehead atoms. The first kappa shape index (κ1) is 16.4. The van der Waals surface area contributed by atoms with Gasteiger partial charge in [-0.3, -0.25) is 4.79 Å². The number of ether oxygens (including phenoxy) is 2. The summed E-state index contributed by atoms with van der Waals surface area (Å²) in [6.45, 7) is 7.60. The van der Waals surface area contributed by atoms with Gasteiger partial charge in [0.1, 0.15) is 0 Å². The van der Waals surface area contributed by atoms with Gasteiger partial charge in [-0.2, -0.15) is 0 Å². The molecule has 1 aliphatic rings. The van der Waals surface area contributed by atoms with Crippen LogP contribution in [-0.2, 0) is 14.3 Å². The summed E-state index contributed by atoms with van der Waals surface area (Å²) in [7, 11) is 1.65. The lowest BCUT2D eigenvalue weighted by Gasteiger charge is -2.34. The SMILES string of the molecule is COCCNCC(=O)NCC1CCCOC1C(C)C. The number of nitrogens with one attached hydrogen (secondary N) is 2. The Morgan fingerprint density at radius 3 is 2.95 bits per heavy atom. The molecule has 1 fully saturated rings. The van der Waals surface area contributed by atoms with Crippen LogP contribution in [0.1, 0.15) is 26.7 Å². The van der Waals surface area contributed by atoms with E-state index in [-0.39, 0.29) is 12.0 Å². The van der Waals surface area contributed by atoms with Gasteiger partial charge in [0, 0.05) is 32.7 Å². The third kappa shape index (κ3) is 6.36. The summed E-state index contributed by atoms with van der Waals surface area (Å²) < 4.78 is 10.7. The van der Waals surface area contributed by atoms with Gasteiger partial charge in [0.25, 0.3) is 0 Å². The van der Waals surface area contributed by atoms with E-state index in [0.29, 0.717) is 38.1 Å². The molecule has 1 amide bonds. The van der Waals surface area contributed by atoms with E-state index in [9.17, 15) is 4.79 Å². The lowest BCUT2D eigenvalue weighted by molar-refractivity contribution is -0.121. The summed E-state index contributed by atoms with van der Waals surface area (Å²) in [4.78, 5) is 11.7. The highest BCUT2D eigenvalue weighted by atomic mass is 16.5. The summed E-state index contributed by atoms with van der Waals surface area (Å²) in [5.74, 6) is 0.989. The average Bonchev–Trinajstić information content (AvgIpc) is 2.41. The zero-order valence-electron chi connectivity index (χ0n) is 12.4. The smallest absolute Gasteiger partial charge is 0.233 e. The number of carbonyl (C=O) groups excluding carboxylic acids is 1. The van der Waals surface area contributed by atoms with Crippen LogP contribution in [0.5, 0.6) is 0 Å². The highest BCUT2D eigenvalue weighted by Crippen LogP contribution is 2.25. The summed E-state index contributed by atoms with van der Waals surface area (Å²) >= 11 is 0. The Labute approximate surface area is 116 Å². The maximum atomic E-state index is 11.7. The maximum absolute atomic E-state index is 11.7. The van der Waals surface area contributed by atoms with Gasteiger partial charge in [0.05, 0.1) is 19.3 Å². The Kier molecular flexibility index (Phi) is 8.02. The summed E-state index contributed by atoms with van der Waals surface area (Å²) in [6, 6.07) is 0. The highest BCUT2D eigenvalue weighted by Gasteiger charge is 2.28. The van der Waals surface area contributed by atoms with Crippen molar-refractivity contribution in [1.29, 1.82) is 0 Å². The van der Waals surface area contributed by atoms with Gasteiger partial charge in [0.15, 0.2) is 0 Å². The molecular formula is C14H28N2O3. The second-order valence-electron chi connectivity index (χ2n) is 5.46. The topological polar surface area (TPSA) is 59.6 Å². The van der Waals surface area contributed by atoms with Gasteiger partial charge >= 0.3 is 0 Å². The van der Waals surface area contributed by atoms with Gasteiger partial charge in [-0.15, -0.1) is 0 Å². The standard InChI is InChI=1S/C14H28N2O3/c1-11(2)14-12(5-4-7-19-14)9-16-13(17)10-15-6-8-18-3/h11-12,14-15H,4-10H2,1-3H3,(H,16,17). The third-order valence-corrected chi connectivity index (χ3v) is 3.48. The number of methoxy groups -OCH3 is 1. The predicted molar refractivity (Wildman–Crippen MR) is 75.1 cm³/mol. The third-order valence-electron chi connectivity index (χ3n) is 3.48. The van der Waals surface area contributed by atoms with Gasteiger partial charge in [-0.1, -0.05) is 13.8 Å². The lowest BCUT2D eigenvalue weighted by Crippen LogP contribution is -2.43. The summed E-state index contributed by atoms with van der Waals surface area (Å²) in [5.41, 5.74) is 0. The molecule has 0 spiro atoms. The van der Waals surface area contributed by atoms with E-state index in [4.69, 9.17) is 9.47 Å². The molecule has 5 nitrogen and oxygen atoms in total. The van der Waals surface area contributed by atoms with E-state index in [1.54, 1.807) is 7.11 Å². The van der Waals surface area contributed by atoms with Crippen LogP contribution in [0.25, 0.3) is 0 Å². The van der Waals surface area contributed by atoms with E-state index < -0.39 is 0 Å². The van der Waals surface area contributed by atoms with Crippen molar-refractivity contribution in [2.24, 2.45) is 11.8 Å². The second-order valence-corrected chi connectivity index (χ2v) is 5.46. The molecule has 2 unspecified atom stereocenters. The van der Waals surface area contributed by atoms with Gasteiger partial charge in [-0.05, 0) is 18.8 Å². The monoisotopic (exact) mass is 272 g/mol. The normalized spacial score (nSPS) is 23.6. The lowest BCUT2D eigenvalue weighted by atomic mass is 9.87. The van der Waals surface area contributed by atoms with Crippen molar-refractivity contribution in [3.8, 4) is 0 Å². The molecule has 0 aliphatic carbocycles. The van der Waals surface area contributed by atoms with Crippen LogP contribution in [-0.4, -0.2) is 52.0 Å². The molecule has 2 atom stereocenters. The second kappa shape index (κ2) is 9.28. The van der Waals surface area contributed by atoms with Crippen LogP contribution in [0, 0.1) is 11.8 Å². The first-order chi connectivity index (χ1) is 9.15. The molecule has 0 aromatic carbocycles. The molecule has 0 aromatic rings. The Bertz CT molecular complexity index is 259. The van der Waals surface area contributed by atoms with E-state index >= 15 is 0 Å². The van der Waals surface area contributed by atoms with Crippen molar-refractivity contribution in [3.63, 3.8) is 0 Å². The number of hydrogen-bond donors (Lipinski definition) is 2. The number of carbonyl (C=O) groups is 1. The van der Waals surface area contributed by atoms with Crippen molar-refractivity contribution in [2.75, 3.05) is 40.0 Å². The molecule has 0 aromatic heterocycles. The van der Waals surface area contributed by atoms with Gasteiger partial charge in [0.2, 0.25) is 5.91 Å². The molecule has 0 saturated carbocycles. The van der Waals surface area contributed by atoms with E-state index in [2.05, 4.69) is 24.5 Å². The molecular weight excluding hydrogens is 244 g/mol. The van der Waals surface area contributed by atoms with Crippen LogP contribution >= 0.6 is 0 Å². The maximum Gasteiger partial charge on any atom is 0.233 e. The van der Waals surface area contributed by atoms with Crippen LogP contribution in [0.3, 0.4) is 0 Å². The van der Waals surface area contributed by atoms with Crippen molar-refractivity contribution in [1.82, 2.24) is 10.6 Å². The molecule has 5 heteroatoms. The molecule has 1 heterocycles. The molecule has 1 saturated heterocycles. The fraction of sp³-hybridized carbons (Fsp3) is 0.929. The summed E-state index contributed by atoms with van der Waals surface area (Å²) in [6.07, 6.45) is 2.51. The van der Waals surface area contributed by atoms with Crippen molar-refractivity contribution in [2.45, 2.75) is 32.8 Å². The fourth-order valence-corrected chi connectivity index (χ4v) is 2.50. The highest BCUT2D eigenvalue weighted by molar-refractivity contribution is 5.77. The quantitative estimate of drug-likeness (QED) is 0.641. The number of amides is 1. The molecule has 19 heavy (non-hydrogen) atoms. The minimum atomic E-state index is 0.0455. The summed E-state index contributed by atoms with van der Waals surface area (Å²) in [5, 5.41) is 6.03. The van der Waals surface area contributed by atoms with E-state index in [1.165, 1.54) is 0 Å². The first-order valence-corrected chi connectivity index (χ1v) is 7.23. The Balaban J connectivity index is 2.20. The Morgan fingerprint density at radius 2 is 2.26 bits per heavy atom. The molecule has 0 radical (unpaired) electrons. The van der Waals surface area contributed by atoms with E-state index in [0.717, 1.165) is 19.4 Å². The Morgan fingerprint density at radius 1 is 1.47 bits per heavy atom. The number of hydrogen-bond acceptors (Lipinski definition) is 4. The molecule has 2 N–H and O–H groups in total. The van der Waals surface area contributed by atoms with Crippen molar-refractivity contribution >= 4 is 5.91 Å². The molecule has 1 rings (SSSR count). The van der Waals surface area contributed by atoms with Crippen molar-refractivity contribution in [3.05, 3.63) is 0 Å². The largest absolute Gasteiger partial charge is 0.383 e. The average molecular weight is 272 g/mol. The number of rotatable bonds is 8. The molecule has 1 aliphatic heterocycles. The van der Waals surface area contributed by atoms with Gasteiger partial charge < -0.3 is 20.1 Å². The zero-order valence-corrected chi connectivity index (χ0v) is 12.4. The Hall–Kier alpha value is -0.650. The van der Waals surface area contributed by atoms with Crippen LogP contribution in [0.15, 0.2) is 0 Å². The minimum absolute atomic E-state index is 0.0455. The minimum Gasteiger partial charge on any atom is -0.383 e. The first-order valence-electron chi connectivity index (χ1n) is 7.23. The van der Waals surface area contributed by atoms with E-state index in [1.807, 2.05) is 0 Å². The van der Waals surface area contributed by atoms with Crippen LogP contribution in [0.4, 0.5) is 0 Å². The van der Waals surface area contributed by atoms with Crippen LogP contribution < -0.4 is 10.6 Å². The molecule has 112 valence electrons. The zero-order chi connectivity index (χ0) is 14.1. The van der Waals surface area contributed by atoms with Gasteiger partial charge in [-0.25, -0.2) is 0 Å². The fourth-order valence-electron chi connectivity index (χ4n) is 2.50. The predicted octanol–water partition coefficient (Wildman–Crippen LogP) is 0.790.